The highest BCUT2D eigenvalue weighted by Crippen LogP contribution is 1.96. The largest absolute Gasteiger partial charge is 0.0623 e. The number of hydrogen-bond acceptors (Lipinski definition) is 0. The summed E-state index contributed by atoms with van der Waals surface area (Å²) >= 11 is 0. The van der Waals surface area contributed by atoms with E-state index in [1.807, 2.05) is 0 Å². The smallest absolute Gasteiger partial charge is 0.0622 e. The van der Waals surface area contributed by atoms with Crippen LogP contribution in [0.5, 0.6) is 0 Å². The number of rotatable bonds is 1. The first-order chi connectivity index (χ1) is 5.24. The Labute approximate surface area is 54.4 Å². The molecule has 0 radical (unpaired) electrons. The van der Waals surface area contributed by atoms with Gasteiger partial charge in [-0.3, -0.25) is 0 Å². The van der Waals surface area contributed by atoms with Crippen LogP contribution in [0.25, 0.3) is 0 Å². The summed E-state index contributed by atoms with van der Waals surface area (Å²) < 4.78 is 21.6. The Bertz CT molecular complexity index is 235. The van der Waals surface area contributed by atoms with E-state index >= 15 is 0 Å². The molecule has 0 amide bonds. The summed E-state index contributed by atoms with van der Waals surface area (Å²) in [5, 5.41) is 0. The first-order valence-corrected chi connectivity index (χ1v) is 2.52. The van der Waals surface area contributed by atoms with E-state index in [4.69, 9.17) is 4.11 Å². The van der Waals surface area contributed by atoms with Crippen molar-refractivity contribution >= 4 is 0 Å². The molecule has 1 rings (SSSR count). The van der Waals surface area contributed by atoms with Gasteiger partial charge in [0, 0.05) is 2.74 Å². The zero-order valence-electron chi connectivity index (χ0n) is 7.59. The molecule has 0 nitrogen and oxygen atoms in total. The van der Waals surface area contributed by atoms with Gasteiger partial charge >= 0.3 is 0 Å². The van der Waals surface area contributed by atoms with Crippen molar-refractivity contribution < 1.29 is 4.11 Å². The molecule has 0 aromatic heterocycles. The molecule has 1 aromatic rings. The maximum absolute atomic E-state index is 7.39. The molecule has 0 saturated heterocycles. The minimum absolute atomic E-state index is 0.0590. The Balaban J connectivity index is 2.86. The van der Waals surface area contributed by atoms with Crippen LogP contribution >= 0.6 is 0 Å². The van der Waals surface area contributed by atoms with Crippen LogP contribution in [0.1, 0.15) is 16.6 Å². The van der Waals surface area contributed by atoms with Gasteiger partial charge in [-0.05, 0) is 12.0 Å². The van der Waals surface area contributed by atoms with Crippen molar-refractivity contribution in [1.29, 1.82) is 0 Å². The zero-order valence-corrected chi connectivity index (χ0v) is 4.59. The van der Waals surface area contributed by atoms with E-state index in [9.17, 15) is 0 Å². The summed E-state index contributed by atoms with van der Waals surface area (Å²) in [5.74, 6) is 0. The second-order valence-electron chi connectivity index (χ2n) is 1.54. The minimum atomic E-state index is -0.500. The molecule has 0 heteroatoms. The van der Waals surface area contributed by atoms with Gasteiger partial charge in [-0.2, -0.15) is 0 Å². The third kappa shape index (κ3) is 1.09. The highest BCUT2D eigenvalue weighted by atomic mass is 13.9. The molecule has 0 aliphatic heterocycles. The molecule has 1 aromatic carbocycles. The fourth-order valence-corrected chi connectivity index (χ4v) is 0.534. The number of aryl methyl sites for hydroxylation is 1. The lowest BCUT2D eigenvalue weighted by Crippen LogP contribution is -1.73. The van der Waals surface area contributed by atoms with Crippen LogP contribution in [0, 0.1) is 0 Å². The van der Waals surface area contributed by atoms with Crippen LogP contribution in [-0.4, -0.2) is 0 Å². The molecular formula is C8H10. The fourth-order valence-electron chi connectivity index (χ4n) is 0.534. The SMILES string of the molecule is [2H]CC([2H])c1cccc([2H])c1. The maximum atomic E-state index is 7.39. The van der Waals surface area contributed by atoms with Gasteiger partial charge in [0.25, 0.3) is 0 Å². The third-order valence-corrected chi connectivity index (χ3v) is 0.967. The van der Waals surface area contributed by atoms with Crippen molar-refractivity contribution in [2.45, 2.75) is 13.3 Å². The Morgan fingerprint density at radius 3 is 3.50 bits per heavy atom. The van der Waals surface area contributed by atoms with Crippen LogP contribution in [-0.2, 0) is 6.40 Å². The fraction of sp³-hybridized carbons (Fsp3) is 0.250. The number of hydrogen-bond donors (Lipinski definition) is 0. The predicted molar refractivity (Wildman–Crippen MR) is 35.8 cm³/mol. The Hall–Kier alpha value is -0.780. The zero-order chi connectivity index (χ0) is 8.27. The standard InChI is InChI=1S/C8H10/c1-2-8-6-4-3-5-7-8/h3-7H,2H2,1H3/i1D,2D,4D. The molecule has 8 heavy (non-hydrogen) atoms. The normalized spacial score (nSPS) is 18.2. The first kappa shape index (κ1) is 2.67. The maximum Gasteiger partial charge on any atom is 0.0623 e. The lowest BCUT2D eigenvalue weighted by molar-refractivity contribution is 1.14. The van der Waals surface area contributed by atoms with Crippen molar-refractivity contribution in [2.24, 2.45) is 0 Å². The van der Waals surface area contributed by atoms with Gasteiger partial charge in [0.2, 0.25) is 0 Å². The van der Waals surface area contributed by atoms with Gasteiger partial charge in [-0.25, -0.2) is 0 Å². The molecule has 0 spiro atoms. The highest BCUT2D eigenvalue weighted by Gasteiger charge is 1.79. The van der Waals surface area contributed by atoms with Crippen LogP contribution in [0.2, 0.25) is 0 Å². The number of benzene rings is 1. The predicted octanol–water partition coefficient (Wildman–Crippen LogP) is 2.25. The Kier molecular flexibility index (Phi) is 0.839. The average Bonchev–Trinajstić information content (AvgIpc) is 2.03. The molecule has 1 atom stereocenters. The van der Waals surface area contributed by atoms with Crippen molar-refractivity contribution in [3.63, 3.8) is 0 Å². The van der Waals surface area contributed by atoms with E-state index in [-0.39, 0.29) is 6.90 Å². The Morgan fingerprint density at radius 1 is 1.75 bits per heavy atom. The molecule has 0 N–H and O–H groups in total. The second-order valence-corrected chi connectivity index (χ2v) is 1.54. The molecule has 42 valence electrons. The summed E-state index contributed by atoms with van der Waals surface area (Å²) in [6, 6.07) is 7.24. The molecule has 0 fully saturated rings. The van der Waals surface area contributed by atoms with Gasteiger partial charge in [0.15, 0.2) is 0 Å². The molecule has 1 unspecified atom stereocenters. The van der Waals surface area contributed by atoms with E-state index < -0.39 is 6.40 Å². The third-order valence-electron chi connectivity index (χ3n) is 0.967. The topological polar surface area (TPSA) is 0 Å². The average molecular weight is 109 g/mol. The van der Waals surface area contributed by atoms with E-state index in [2.05, 4.69) is 0 Å². The summed E-state index contributed by atoms with van der Waals surface area (Å²) in [5.41, 5.74) is 0.757. The van der Waals surface area contributed by atoms with Crippen LogP contribution < -0.4 is 0 Å². The molecule has 0 bridgehead atoms. The van der Waals surface area contributed by atoms with Gasteiger partial charge in [-0.15, -0.1) is 0 Å². The lowest BCUT2D eigenvalue weighted by Gasteiger charge is -1.89. The van der Waals surface area contributed by atoms with Crippen molar-refractivity contribution in [3.8, 4) is 0 Å². The van der Waals surface area contributed by atoms with Crippen LogP contribution in [0.3, 0.4) is 0 Å². The molecule has 0 saturated carbocycles. The van der Waals surface area contributed by atoms with Gasteiger partial charge in [-0.1, -0.05) is 37.2 Å². The highest BCUT2D eigenvalue weighted by molar-refractivity contribution is 5.13. The van der Waals surface area contributed by atoms with Crippen LogP contribution in [0.4, 0.5) is 0 Å². The molecule has 0 aliphatic rings. The summed E-state index contributed by atoms with van der Waals surface area (Å²) in [6.45, 7) is 0.0590. The van der Waals surface area contributed by atoms with Crippen molar-refractivity contribution in [1.82, 2.24) is 0 Å². The summed E-state index contributed by atoms with van der Waals surface area (Å²) in [4.78, 5) is 0. The van der Waals surface area contributed by atoms with Gasteiger partial charge < -0.3 is 0 Å². The summed E-state index contributed by atoms with van der Waals surface area (Å²) in [6.07, 6.45) is -0.500. The second kappa shape index (κ2) is 2.51. The molecule has 0 heterocycles. The van der Waals surface area contributed by atoms with Crippen LogP contribution in [0.15, 0.2) is 30.3 Å². The first-order valence-electron chi connectivity index (χ1n) is 4.30. The Morgan fingerprint density at radius 2 is 2.75 bits per heavy atom. The van der Waals surface area contributed by atoms with E-state index in [0.29, 0.717) is 6.04 Å². The van der Waals surface area contributed by atoms with Gasteiger partial charge in [0.05, 0.1) is 1.37 Å². The minimum Gasteiger partial charge on any atom is -0.0622 e. The molecular weight excluding hydrogens is 96.1 g/mol. The van der Waals surface area contributed by atoms with Crippen molar-refractivity contribution in [2.75, 3.05) is 0 Å². The lowest BCUT2D eigenvalue weighted by atomic mass is 10.2. The van der Waals surface area contributed by atoms with E-state index in [1.54, 1.807) is 24.3 Å². The van der Waals surface area contributed by atoms with E-state index in [1.165, 1.54) is 0 Å². The van der Waals surface area contributed by atoms with Crippen molar-refractivity contribution in [3.05, 3.63) is 35.9 Å². The monoisotopic (exact) mass is 109 g/mol. The quantitative estimate of drug-likeness (QED) is 0.519. The van der Waals surface area contributed by atoms with E-state index in [0.717, 1.165) is 5.56 Å². The van der Waals surface area contributed by atoms with Gasteiger partial charge in [0.1, 0.15) is 0 Å². The molecule has 0 aliphatic carbocycles. The summed E-state index contributed by atoms with van der Waals surface area (Å²) in [7, 11) is 0.